The van der Waals surface area contributed by atoms with E-state index >= 15 is 0 Å². The maximum Gasteiger partial charge on any atom is 0.338 e. The lowest BCUT2D eigenvalue weighted by Gasteiger charge is -2.17. The minimum atomic E-state index is -0.552. The van der Waals surface area contributed by atoms with E-state index in [1.54, 1.807) is 33.5 Å². The molecule has 7 heteroatoms. The van der Waals surface area contributed by atoms with Crippen LogP contribution < -0.4 is 18.9 Å². The summed E-state index contributed by atoms with van der Waals surface area (Å²) in [5, 5.41) is 1.35. The molecule has 0 bridgehead atoms. The number of carbonyl (C=O) groups is 2. The van der Waals surface area contributed by atoms with Gasteiger partial charge in [-0.1, -0.05) is 24.3 Å². The molecule has 0 saturated heterocycles. The predicted octanol–water partition coefficient (Wildman–Crippen LogP) is 5.91. The van der Waals surface area contributed by atoms with E-state index in [4.69, 9.17) is 23.7 Å². The van der Waals surface area contributed by atoms with Gasteiger partial charge in [-0.3, -0.25) is 4.79 Å². The highest BCUT2D eigenvalue weighted by Crippen LogP contribution is 2.41. The Hall–Kier alpha value is -4.52. The molecule has 0 atom stereocenters. The van der Waals surface area contributed by atoms with Gasteiger partial charge >= 0.3 is 11.9 Å². The number of rotatable bonds is 7. The average molecular weight is 487 g/mol. The van der Waals surface area contributed by atoms with Crippen LogP contribution in [0.15, 0.2) is 66.7 Å². The Morgan fingerprint density at radius 3 is 1.89 bits per heavy atom. The minimum absolute atomic E-state index is 0.267. The maximum atomic E-state index is 12.9. The highest BCUT2D eigenvalue weighted by molar-refractivity contribution is 6.11. The molecular formula is C29H26O7. The molecule has 0 aliphatic heterocycles. The predicted molar refractivity (Wildman–Crippen MR) is 137 cm³/mol. The van der Waals surface area contributed by atoms with Crippen molar-refractivity contribution in [3.05, 3.63) is 72.3 Å². The zero-order chi connectivity index (χ0) is 25.8. The van der Waals surface area contributed by atoms with Crippen molar-refractivity contribution in [3.63, 3.8) is 0 Å². The number of benzene rings is 4. The van der Waals surface area contributed by atoms with Crippen LogP contribution in [0.4, 0.5) is 0 Å². The second-order valence-electron chi connectivity index (χ2n) is 7.94. The molecule has 36 heavy (non-hydrogen) atoms. The SMILES string of the molecule is COC(=O)c1cc(OC(C)=O)c2ccc(OC)cc2c1-c1ccc(-c2ccc(OC)cc2OC)cc1. The summed E-state index contributed by atoms with van der Waals surface area (Å²) in [5.74, 6) is 1.20. The van der Waals surface area contributed by atoms with Crippen LogP contribution in [0.2, 0.25) is 0 Å². The number of ether oxygens (including phenoxy) is 5. The van der Waals surface area contributed by atoms with E-state index in [0.717, 1.165) is 16.7 Å². The van der Waals surface area contributed by atoms with E-state index in [9.17, 15) is 9.59 Å². The third-order valence-corrected chi connectivity index (χ3v) is 5.86. The standard InChI is InChI=1S/C29H26O7/c1-17(30)36-27-16-25(29(31)35-5)28(24-14-20(32-2)11-13-23(24)27)19-8-6-18(7-9-19)22-12-10-21(33-3)15-26(22)34-4/h6-16H,1-5H3. The quantitative estimate of drug-likeness (QED) is 0.237. The molecule has 0 saturated carbocycles. The molecule has 0 unspecified atom stereocenters. The third kappa shape index (κ3) is 4.68. The van der Waals surface area contributed by atoms with E-state index in [0.29, 0.717) is 33.6 Å². The zero-order valence-corrected chi connectivity index (χ0v) is 20.7. The number of methoxy groups -OCH3 is 4. The van der Waals surface area contributed by atoms with Crippen LogP contribution in [0.25, 0.3) is 33.0 Å². The molecule has 0 aliphatic carbocycles. The first kappa shape index (κ1) is 24.6. The molecule has 0 fully saturated rings. The van der Waals surface area contributed by atoms with Gasteiger partial charge in [0.15, 0.2) is 0 Å². The van der Waals surface area contributed by atoms with Crippen LogP contribution >= 0.6 is 0 Å². The number of hydrogen-bond donors (Lipinski definition) is 0. The fourth-order valence-electron chi connectivity index (χ4n) is 4.17. The molecule has 0 radical (unpaired) electrons. The normalized spacial score (nSPS) is 10.6. The fourth-order valence-corrected chi connectivity index (χ4v) is 4.17. The minimum Gasteiger partial charge on any atom is -0.497 e. The van der Waals surface area contributed by atoms with Gasteiger partial charge in [-0.25, -0.2) is 4.79 Å². The smallest absolute Gasteiger partial charge is 0.338 e. The first-order chi connectivity index (χ1) is 17.4. The van der Waals surface area contributed by atoms with Crippen molar-refractivity contribution in [2.45, 2.75) is 6.92 Å². The van der Waals surface area contributed by atoms with Gasteiger partial charge in [-0.15, -0.1) is 0 Å². The van der Waals surface area contributed by atoms with Gasteiger partial charge in [0.2, 0.25) is 0 Å². The highest BCUT2D eigenvalue weighted by atomic mass is 16.5. The lowest BCUT2D eigenvalue weighted by atomic mass is 9.91. The van der Waals surface area contributed by atoms with Crippen molar-refractivity contribution >= 4 is 22.7 Å². The zero-order valence-electron chi connectivity index (χ0n) is 20.7. The largest absolute Gasteiger partial charge is 0.497 e. The van der Waals surface area contributed by atoms with Crippen molar-refractivity contribution in [2.75, 3.05) is 28.4 Å². The lowest BCUT2D eigenvalue weighted by Crippen LogP contribution is -2.08. The van der Waals surface area contributed by atoms with Crippen LogP contribution in [0, 0.1) is 0 Å². The Balaban J connectivity index is 1.93. The van der Waals surface area contributed by atoms with E-state index in [2.05, 4.69) is 0 Å². The molecule has 0 N–H and O–H groups in total. The van der Waals surface area contributed by atoms with Crippen molar-refractivity contribution in [3.8, 4) is 45.3 Å². The monoisotopic (exact) mass is 486 g/mol. The van der Waals surface area contributed by atoms with Crippen LogP contribution in [-0.4, -0.2) is 40.4 Å². The number of fused-ring (bicyclic) bond motifs is 1. The molecule has 4 rings (SSSR count). The summed E-state index contributed by atoms with van der Waals surface area (Å²) in [4.78, 5) is 24.6. The summed E-state index contributed by atoms with van der Waals surface area (Å²) >= 11 is 0. The van der Waals surface area contributed by atoms with Crippen LogP contribution in [0.1, 0.15) is 17.3 Å². The molecule has 0 aliphatic rings. The van der Waals surface area contributed by atoms with Crippen molar-refractivity contribution < 1.29 is 33.3 Å². The van der Waals surface area contributed by atoms with Crippen LogP contribution in [0.3, 0.4) is 0 Å². The summed E-state index contributed by atoms with van der Waals surface area (Å²) < 4.78 is 26.8. The van der Waals surface area contributed by atoms with Gasteiger partial charge in [0, 0.05) is 29.5 Å². The van der Waals surface area contributed by atoms with Crippen LogP contribution in [-0.2, 0) is 9.53 Å². The molecule has 0 spiro atoms. The lowest BCUT2D eigenvalue weighted by molar-refractivity contribution is -0.131. The van der Waals surface area contributed by atoms with Gasteiger partial charge in [0.1, 0.15) is 23.0 Å². The molecule has 0 amide bonds. The van der Waals surface area contributed by atoms with E-state index < -0.39 is 11.9 Å². The molecule has 7 nitrogen and oxygen atoms in total. The highest BCUT2D eigenvalue weighted by Gasteiger charge is 2.22. The van der Waals surface area contributed by atoms with Gasteiger partial charge in [0.25, 0.3) is 0 Å². The number of hydrogen-bond acceptors (Lipinski definition) is 7. The summed E-state index contributed by atoms with van der Waals surface area (Å²) in [6, 6.07) is 20.3. The van der Waals surface area contributed by atoms with Gasteiger partial charge in [-0.05, 0) is 52.9 Å². The molecule has 4 aromatic carbocycles. The molecule has 0 aromatic heterocycles. The van der Waals surface area contributed by atoms with Crippen molar-refractivity contribution in [1.82, 2.24) is 0 Å². The Labute approximate surface area is 209 Å². The Morgan fingerprint density at radius 2 is 1.28 bits per heavy atom. The summed E-state index contributed by atoms with van der Waals surface area (Å²) in [7, 11) is 6.09. The van der Waals surface area contributed by atoms with Crippen molar-refractivity contribution in [1.29, 1.82) is 0 Å². The average Bonchev–Trinajstić information content (AvgIpc) is 2.91. The van der Waals surface area contributed by atoms with Gasteiger partial charge < -0.3 is 23.7 Å². The first-order valence-electron chi connectivity index (χ1n) is 11.1. The number of esters is 2. The Bertz CT molecular complexity index is 1440. The first-order valence-corrected chi connectivity index (χ1v) is 11.1. The topological polar surface area (TPSA) is 80.3 Å². The van der Waals surface area contributed by atoms with E-state index in [-0.39, 0.29) is 11.3 Å². The van der Waals surface area contributed by atoms with Gasteiger partial charge in [0.05, 0.1) is 34.0 Å². The summed E-state index contributed by atoms with van der Waals surface area (Å²) in [6.07, 6.45) is 0. The second kappa shape index (κ2) is 10.4. The van der Waals surface area contributed by atoms with Crippen LogP contribution in [0.5, 0.6) is 23.0 Å². The van der Waals surface area contributed by atoms with E-state index in [1.807, 2.05) is 48.5 Å². The number of carbonyl (C=O) groups excluding carboxylic acids is 2. The van der Waals surface area contributed by atoms with E-state index in [1.165, 1.54) is 20.1 Å². The third-order valence-electron chi connectivity index (χ3n) is 5.86. The summed E-state index contributed by atoms with van der Waals surface area (Å²) in [5.41, 5.74) is 3.51. The second-order valence-corrected chi connectivity index (χ2v) is 7.94. The fraction of sp³-hybridized carbons (Fsp3) is 0.172. The summed E-state index contributed by atoms with van der Waals surface area (Å²) in [6.45, 7) is 1.31. The maximum absolute atomic E-state index is 12.9. The molecular weight excluding hydrogens is 460 g/mol. The Morgan fingerprint density at radius 1 is 0.639 bits per heavy atom. The molecule has 0 heterocycles. The van der Waals surface area contributed by atoms with Crippen molar-refractivity contribution in [2.24, 2.45) is 0 Å². The molecule has 184 valence electrons. The van der Waals surface area contributed by atoms with Gasteiger partial charge in [-0.2, -0.15) is 0 Å². The Kier molecular flexibility index (Phi) is 7.10. The molecule has 4 aromatic rings.